The molecule has 4 rings (SSSR count). The summed E-state index contributed by atoms with van der Waals surface area (Å²) in [5, 5.41) is 10.8. The van der Waals surface area contributed by atoms with E-state index in [4.69, 9.17) is 16.3 Å². The monoisotopic (exact) mass is 485 g/mol. The predicted molar refractivity (Wildman–Crippen MR) is 137 cm³/mol. The summed E-state index contributed by atoms with van der Waals surface area (Å²) in [7, 11) is 1.56. The molecule has 0 saturated heterocycles. The van der Waals surface area contributed by atoms with Crippen molar-refractivity contribution in [2.75, 3.05) is 12.0 Å². The lowest BCUT2D eigenvalue weighted by atomic mass is 9.97. The van der Waals surface area contributed by atoms with Crippen LogP contribution in [0.15, 0.2) is 103 Å². The molecule has 0 fully saturated rings. The van der Waals surface area contributed by atoms with Crippen molar-refractivity contribution in [3.63, 3.8) is 0 Å². The first kappa shape index (κ1) is 24.0. The van der Waals surface area contributed by atoms with Crippen LogP contribution < -0.4 is 9.64 Å². The summed E-state index contributed by atoms with van der Waals surface area (Å²) in [6, 6.07) is 29.2. The predicted octanol–water partition coefficient (Wildman–Crippen LogP) is 6.41. The van der Waals surface area contributed by atoms with Crippen LogP contribution in [0, 0.1) is 0 Å². The van der Waals surface area contributed by atoms with E-state index in [0.717, 1.165) is 5.56 Å². The second-order valence-corrected chi connectivity index (χ2v) is 8.42. The summed E-state index contributed by atoms with van der Waals surface area (Å²) in [5.41, 5.74) is 2.77. The van der Waals surface area contributed by atoms with Gasteiger partial charge in [0.1, 0.15) is 5.75 Å². The molecule has 176 valence electrons. The zero-order chi connectivity index (χ0) is 24.8. The molecule has 4 aromatic carbocycles. The number of carboxylic acid groups (broad SMARTS) is 1. The van der Waals surface area contributed by atoms with Crippen molar-refractivity contribution in [1.29, 1.82) is 0 Å². The largest absolute Gasteiger partial charge is 0.497 e. The Balaban J connectivity index is 1.88. The third kappa shape index (κ3) is 5.53. The number of ketones is 1. The SMILES string of the molecule is COc1ccc(C(C(=O)O)N(Cc2ccccc2)c2ccc(Cl)cc2C(=O)c2ccccc2)cc1. The van der Waals surface area contributed by atoms with E-state index in [0.29, 0.717) is 33.1 Å². The number of carboxylic acids is 1. The first-order valence-corrected chi connectivity index (χ1v) is 11.4. The number of anilines is 1. The average Bonchev–Trinajstić information content (AvgIpc) is 2.89. The second kappa shape index (κ2) is 10.9. The Morgan fingerprint density at radius 1 is 0.886 bits per heavy atom. The Morgan fingerprint density at radius 3 is 2.11 bits per heavy atom. The fraction of sp³-hybridized carbons (Fsp3) is 0.103. The van der Waals surface area contributed by atoms with E-state index in [1.165, 1.54) is 0 Å². The van der Waals surface area contributed by atoms with Gasteiger partial charge in [-0.3, -0.25) is 4.79 Å². The molecule has 1 N–H and O–H groups in total. The maximum absolute atomic E-state index is 13.5. The van der Waals surface area contributed by atoms with Crippen molar-refractivity contribution in [3.05, 3.63) is 130 Å². The minimum atomic E-state index is -1.07. The highest BCUT2D eigenvalue weighted by molar-refractivity contribution is 6.31. The summed E-state index contributed by atoms with van der Waals surface area (Å²) in [6.45, 7) is 0.264. The van der Waals surface area contributed by atoms with E-state index < -0.39 is 12.0 Å². The lowest BCUT2D eigenvalue weighted by molar-refractivity contribution is -0.138. The Bertz CT molecular complexity index is 1310. The zero-order valence-corrected chi connectivity index (χ0v) is 19.9. The third-order valence-electron chi connectivity index (χ3n) is 5.72. The van der Waals surface area contributed by atoms with E-state index in [-0.39, 0.29) is 12.3 Å². The molecule has 0 aliphatic rings. The number of carbonyl (C=O) groups is 2. The Hall–Kier alpha value is -4.09. The van der Waals surface area contributed by atoms with Crippen LogP contribution in [0.25, 0.3) is 0 Å². The molecule has 0 aromatic heterocycles. The average molecular weight is 486 g/mol. The van der Waals surface area contributed by atoms with Crippen molar-refractivity contribution in [2.24, 2.45) is 0 Å². The number of aliphatic carboxylic acids is 1. The highest BCUT2D eigenvalue weighted by Crippen LogP contribution is 2.35. The van der Waals surface area contributed by atoms with Crippen LogP contribution in [-0.4, -0.2) is 24.0 Å². The quantitative estimate of drug-likeness (QED) is 0.277. The molecule has 0 aliphatic carbocycles. The van der Waals surface area contributed by atoms with Gasteiger partial charge in [0.25, 0.3) is 0 Å². The van der Waals surface area contributed by atoms with Gasteiger partial charge in [-0.05, 0) is 41.5 Å². The molecule has 35 heavy (non-hydrogen) atoms. The molecule has 0 aliphatic heterocycles. The Morgan fingerprint density at radius 2 is 1.51 bits per heavy atom. The molecule has 0 radical (unpaired) electrons. The summed E-state index contributed by atoms with van der Waals surface area (Å²) >= 11 is 6.30. The van der Waals surface area contributed by atoms with Crippen LogP contribution in [0.5, 0.6) is 5.75 Å². The number of methoxy groups -OCH3 is 1. The number of ether oxygens (including phenoxy) is 1. The molecule has 0 saturated carbocycles. The Labute approximate surface area is 209 Å². The summed E-state index contributed by atoms with van der Waals surface area (Å²) in [4.78, 5) is 28.0. The number of carbonyl (C=O) groups excluding carboxylic acids is 1. The van der Waals surface area contributed by atoms with Gasteiger partial charge >= 0.3 is 5.97 Å². The highest BCUT2D eigenvalue weighted by Gasteiger charge is 2.31. The van der Waals surface area contributed by atoms with Gasteiger partial charge in [-0.1, -0.05) is 84.4 Å². The van der Waals surface area contributed by atoms with Gasteiger partial charge in [-0.2, -0.15) is 0 Å². The lowest BCUT2D eigenvalue weighted by Gasteiger charge is -2.33. The van der Waals surface area contributed by atoms with Gasteiger partial charge in [0, 0.05) is 28.4 Å². The first-order valence-electron chi connectivity index (χ1n) is 11.0. The van der Waals surface area contributed by atoms with Gasteiger partial charge in [-0.15, -0.1) is 0 Å². The minimum absolute atomic E-state index is 0.236. The normalized spacial score (nSPS) is 11.5. The van der Waals surface area contributed by atoms with Crippen LogP contribution in [-0.2, 0) is 11.3 Å². The molecular formula is C29H24ClNO4. The molecular weight excluding hydrogens is 462 g/mol. The van der Waals surface area contributed by atoms with E-state index in [1.807, 2.05) is 36.4 Å². The molecule has 5 nitrogen and oxygen atoms in total. The van der Waals surface area contributed by atoms with Crippen LogP contribution in [0.4, 0.5) is 5.69 Å². The van der Waals surface area contributed by atoms with E-state index in [1.54, 1.807) is 78.7 Å². The second-order valence-electron chi connectivity index (χ2n) is 7.98. The fourth-order valence-electron chi connectivity index (χ4n) is 4.02. The lowest BCUT2D eigenvalue weighted by Crippen LogP contribution is -2.35. The Kier molecular flexibility index (Phi) is 7.48. The van der Waals surface area contributed by atoms with Crippen LogP contribution in [0.3, 0.4) is 0 Å². The number of halogens is 1. The van der Waals surface area contributed by atoms with E-state index in [2.05, 4.69) is 0 Å². The molecule has 4 aromatic rings. The molecule has 6 heteroatoms. The number of nitrogens with zero attached hydrogens (tertiary/aromatic N) is 1. The van der Waals surface area contributed by atoms with Crippen molar-refractivity contribution >= 4 is 29.0 Å². The molecule has 1 unspecified atom stereocenters. The van der Waals surface area contributed by atoms with Crippen LogP contribution in [0.2, 0.25) is 5.02 Å². The van der Waals surface area contributed by atoms with Gasteiger partial charge in [0.2, 0.25) is 0 Å². The van der Waals surface area contributed by atoms with Crippen LogP contribution in [0.1, 0.15) is 33.1 Å². The topological polar surface area (TPSA) is 66.8 Å². The van der Waals surface area contributed by atoms with Crippen molar-refractivity contribution in [2.45, 2.75) is 12.6 Å². The van der Waals surface area contributed by atoms with Gasteiger partial charge < -0.3 is 14.7 Å². The first-order chi connectivity index (χ1) is 17.0. The van der Waals surface area contributed by atoms with Crippen molar-refractivity contribution < 1.29 is 19.4 Å². The maximum atomic E-state index is 13.5. The van der Waals surface area contributed by atoms with E-state index >= 15 is 0 Å². The van der Waals surface area contributed by atoms with Crippen molar-refractivity contribution in [1.82, 2.24) is 0 Å². The summed E-state index contributed by atoms with van der Waals surface area (Å²) < 4.78 is 5.24. The summed E-state index contributed by atoms with van der Waals surface area (Å²) in [5.74, 6) is -0.655. The highest BCUT2D eigenvalue weighted by atomic mass is 35.5. The number of rotatable bonds is 9. The van der Waals surface area contributed by atoms with Gasteiger partial charge in [-0.25, -0.2) is 4.79 Å². The number of hydrogen-bond acceptors (Lipinski definition) is 4. The van der Waals surface area contributed by atoms with Crippen LogP contribution >= 0.6 is 11.6 Å². The molecule has 0 amide bonds. The van der Waals surface area contributed by atoms with E-state index in [9.17, 15) is 14.7 Å². The molecule has 0 spiro atoms. The fourth-order valence-corrected chi connectivity index (χ4v) is 4.20. The standard InChI is InChI=1S/C29H24ClNO4/c1-35-24-15-12-21(13-16-24)27(29(33)34)31(19-20-8-4-2-5-9-20)26-17-14-23(30)18-25(26)28(32)22-10-6-3-7-11-22/h2-18,27H,19H2,1H3,(H,33,34). The molecule has 0 heterocycles. The molecule has 1 atom stereocenters. The maximum Gasteiger partial charge on any atom is 0.331 e. The van der Waals surface area contributed by atoms with Gasteiger partial charge in [0.05, 0.1) is 7.11 Å². The molecule has 0 bridgehead atoms. The van der Waals surface area contributed by atoms with Crippen molar-refractivity contribution in [3.8, 4) is 5.75 Å². The number of benzene rings is 4. The van der Waals surface area contributed by atoms with Gasteiger partial charge in [0.15, 0.2) is 11.8 Å². The zero-order valence-electron chi connectivity index (χ0n) is 19.1. The minimum Gasteiger partial charge on any atom is -0.497 e. The number of hydrogen-bond donors (Lipinski definition) is 1. The smallest absolute Gasteiger partial charge is 0.331 e. The third-order valence-corrected chi connectivity index (χ3v) is 5.96. The summed E-state index contributed by atoms with van der Waals surface area (Å²) in [6.07, 6.45) is 0.